The van der Waals surface area contributed by atoms with Gasteiger partial charge < -0.3 is 0 Å². The van der Waals surface area contributed by atoms with Gasteiger partial charge in [0.05, 0.1) is 12.7 Å². The van der Waals surface area contributed by atoms with Gasteiger partial charge in [-0.05, 0) is 18.9 Å². The Morgan fingerprint density at radius 3 is 2.92 bits per heavy atom. The normalized spacial score (nSPS) is 12.6. The first kappa shape index (κ1) is 9.71. The number of allylic oxidation sites excluding steroid dienone is 4. The Morgan fingerprint density at radius 1 is 1.54 bits per heavy atom. The van der Waals surface area contributed by atoms with Crippen molar-refractivity contribution in [2.45, 2.75) is 26.8 Å². The van der Waals surface area contributed by atoms with Crippen molar-refractivity contribution < 1.29 is 0 Å². The van der Waals surface area contributed by atoms with Crippen molar-refractivity contribution in [1.29, 1.82) is 0 Å². The minimum Gasteiger partial charge on any atom is -0.248 e. The summed E-state index contributed by atoms with van der Waals surface area (Å²) < 4.78 is 1.81. The van der Waals surface area contributed by atoms with Crippen molar-refractivity contribution in [2.24, 2.45) is 0 Å². The highest BCUT2D eigenvalue weighted by Gasteiger charge is 1.93. The van der Waals surface area contributed by atoms with Gasteiger partial charge in [0.15, 0.2) is 0 Å². The zero-order chi connectivity index (χ0) is 9.52. The van der Waals surface area contributed by atoms with Crippen LogP contribution in [0.4, 0.5) is 0 Å². The molecule has 0 saturated heterocycles. The van der Waals surface area contributed by atoms with Crippen LogP contribution < -0.4 is 0 Å². The first-order valence-electron chi connectivity index (χ1n) is 4.52. The van der Waals surface area contributed by atoms with Gasteiger partial charge in [0.25, 0.3) is 0 Å². The lowest BCUT2D eigenvalue weighted by molar-refractivity contribution is 0.648. The van der Waals surface area contributed by atoms with Gasteiger partial charge in [0.1, 0.15) is 0 Å². The predicted molar refractivity (Wildman–Crippen MR) is 53.2 cm³/mol. The van der Waals surface area contributed by atoms with Crippen LogP contribution in [0.2, 0.25) is 0 Å². The number of hydrogen-bond donors (Lipinski definition) is 0. The van der Waals surface area contributed by atoms with Crippen LogP contribution in [0, 0.1) is 0 Å². The summed E-state index contributed by atoms with van der Waals surface area (Å²) in [6.07, 6.45) is 11.0. The Morgan fingerprint density at radius 2 is 2.38 bits per heavy atom. The largest absolute Gasteiger partial charge is 0.248 e. The molecule has 13 heavy (non-hydrogen) atoms. The van der Waals surface area contributed by atoms with E-state index in [2.05, 4.69) is 35.5 Å². The average Bonchev–Trinajstić information content (AvgIpc) is 2.64. The van der Waals surface area contributed by atoms with Crippen LogP contribution >= 0.6 is 0 Å². The van der Waals surface area contributed by atoms with Crippen LogP contribution in [0.15, 0.2) is 36.2 Å². The highest BCUT2D eigenvalue weighted by molar-refractivity contribution is 5.17. The topological polar surface area (TPSA) is 30.7 Å². The van der Waals surface area contributed by atoms with Crippen LogP contribution in [-0.4, -0.2) is 15.0 Å². The van der Waals surface area contributed by atoms with Crippen molar-refractivity contribution >= 4 is 0 Å². The molecule has 3 nitrogen and oxygen atoms in total. The fourth-order valence-electron chi connectivity index (χ4n) is 1.01. The van der Waals surface area contributed by atoms with Gasteiger partial charge >= 0.3 is 0 Å². The van der Waals surface area contributed by atoms with E-state index >= 15 is 0 Å². The molecule has 1 aromatic rings. The molecule has 1 rings (SSSR count). The van der Waals surface area contributed by atoms with Gasteiger partial charge in [-0.15, -0.1) is 5.10 Å². The second-order valence-corrected chi connectivity index (χ2v) is 2.77. The van der Waals surface area contributed by atoms with Crippen molar-refractivity contribution in [3.8, 4) is 0 Å². The molecule has 70 valence electrons. The summed E-state index contributed by atoms with van der Waals surface area (Å²) in [6.45, 7) is 4.96. The number of aromatic nitrogens is 3. The monoisotopic (exact) mass is 177 g/mol. The van der Waals surface area contributed by atoms with Gasteiger partial charge in [-0.1, -0.05) is 30.4 Å². The maximum absolute atomic E-state index is 3.90. The lowest BCUT2D eigenvalue weighted by Crippen LogP contribution is -2.00. The lowest BCUT2D eigenvalue weighted by Gasteiger charge is -2.00. The first-order valence-corrected chi connectivity index (χ1v) is 4.52. The second-order valence-electron chi connectivity index (χ2n) is 2.77. The summed E-state index contributed by atoms with van der Waals surface area (Å²) in [7, 11) is 0. The van der Waals surface area contributed by atoms with Crippen molar-refractivity contribution in [3.63, 3.8) is 0 Å². The number of nitrogens with zero attached hydrogens (tertiary/aromatic N) is 3. The van der Waals surface area contributed by atoms with E-state index in [0.29, 0.717) is 0 Å². The van der Waals surface area contributed by atoms with E-state index in [4.69, 9.17) is 0 Å². The van der Waals surface area contributed by atoms with Gasteiger partial charge in [-0.3, -0.25) is 0 Å². The van der Waals surface area contributed by atoms with Crippen molar-refractivity contribution in [2.75, 3.05) is 0 Å². The average molecular weight is 177 g/mol. The van der Waals surface area contributed by atoms with Gasteiger partial charge in [0, 0.05) is 6.20 Å². The van der Waals surface area contributed by atoms with Gasteiger partial charge in [0.2, 0.25) is 0 Å². The molecule has 1 aromatic heterocycles. The molecule has 0 N–H and O–H groups in total. The van der Waals surface area contributed by atoms with E-state index in [1.165, 1.54) is 5.57 Å². The summed E-state index contributed by atoms with van der Waals surface area (Å²) in [5.41, 5.74) is 1.26. The van der Waals surface area contributed by atoms with Crippen LogP contribution in [0.3, 0.4) is 0 Å². The van der Waals surface area contributed by atoms with E-state index in [1.807, 2.05) is 17.8 Å². The van der Waals surface area contributed by atoms with Crippen LogP contribution in [0.5, 0.6) is 0 Å². The minimum absolute atomic E-state index is 0.799. The van der Waals surface area contributed by atoms with Crippen molar-refractivity contribution in [3.05, 3.63) is 36.2 Å². The minimum atomic E-state index is 0.799. The first-order chi connectivity index (χ1) is 6.36. The zero-order valence-electron chi connectivity index (χ0n) is 8.14. The summed E-state index contributed by atoms with van der Waals surface area (Å²) in [5, 5.41) is 7.66. The molecule has 0 unspecified atom stereocenters. The fourth-order valence-corrected chi connectivity index (χ4v) is 1.01. The predicted octanol–water partition coefficient (Wildman–Crippen LogP) is 2.19. The molecule has 0 aliphatic carbocycles. The summed E-state index contributed by atoms with van der Waals surface area (Å²) in [4.78, 5) is 0. The molecule has 0 saturated carbocycles. The van der Waals surface area contributed by atoms with Crippen LogP contribution in [0.1, 0.15) is 20.3 Å². The molecule has 0 amide bonds. The van der Waals surface area contributed by atoms with E-state index < -0.39 is 0 Å². The number of rotatable bonds is 4. The Kier molecular flexibility index (Phi) is 3.96. The summed E-state index contributed by atoms with van der Waals surface area (Å²) in [5.74, 6) is 0. The third kappa shape index (κ3) is 3.23. The highest BCUT2D eigenvalue weighted by Crippen LogP contribution is 2.01. The summed E-state index contributed by atoms with van der Waals surface area (Å²) in [6, 6.07) is 0. The second kappa shape index (κ2) is 5.30. The zero-order valence-corrected chi connectivity index (χ0v) is 8.14. The standard InChI is InChI=1S/C10H15N3/c1-3-5-6-10(4-2)9-13-8-7-11-12-13/h4-8H,3,9H2,1-2H3. The third-order valence-corrected chi connectivity index (χ3v) is 1.75. The van der Waals surface area contributed by atoms with Gasteiger partial charge in [-0.2, -0.15) is 0 Å². The Hall–Kier alpha value is -1.38. The molecule has 0 fully saturated rings. The molecule has 0 atom stereocenters. The Labute approximate surface area is 78.8 Å². The maximum atomic E-state index is 3.90. The van der Waals surface area contributed by atoms with E-state index in [9.17, 15) is 0 Å². The Balaban J connectivity index is 2.56. The molecule has 0 aromatic carbocycles. The van der Waals surface area contributed by atoms with E-state index in [1.54, 1.807) is 6.20 Å². The quantitative estimate of drug-likeness (QED) is 0.660. The third-order valence-electron chi connectivity index (χ3n) is 1.75. The molecule has 0 bridgehead atoms. The molecule has 3 heteroatoms. The number of hydrogen-bond acceptors (Lipinski definition) is 2. The van der Waals surface area contributed by atoms with Gasteiger partial charge in [-0.25, -0.2) is 4.68 Å². The molecule has 1 heterocycles. The van der Waals surface area contributed by atoms with Crippen LogP contribution in [-0.2, 0) is 6.54 Å². The molecule has 0 spiro atoms. The van der Waals surface area contributed by atoms with Crippen LogP contribution in [0.25, 0.3) is 0 Å². The lowest BCUT2D eigenvalue weighted by atomic mass is 10.2. The smallest absolute Gasteiger partial charge is 0.0693 e. The molecule has 0 aliphatic rings. The van der Waals surface area contributed by atoms with Crippen molar-refractivity contribution in [1.82, 2.24) is 15.0 Å². The maximum Gasteiger partial charge on any atom is 0.0693 e. The summed E-state index contributed by atoms with van der Waals surface area (Å²) >= 11 is 0. The fraction of sp³-hybridized carbons (Fsp3) is 0.400. The highest BCUT2D eigenvalue weighted by atomic mass is 15.4. The van der Waals surface area contributed by atoms with E-state index in [-0.39, 0.29) is 0 Å². The molecular formula is C10H15N3. The van der Waals surface area contributed by atoms with E-state index in [0.717, 1.165) is 13.0 Å². The SMILES string of the molecule is CC=C(C=CCC)Cn1ccnn1. The molecule has 0 aliphatic heterocycles. The molecular weight excluding hydrogens is 162 g/mol. The Bertz CT molecular complexity index is 283. The molecule has 0 radical (unpaired) electrons.